The average Bonchev–Trinajstić information content (AvgIpc) is 3.20. The van der Waals surface area contributed by atoms with Crippen LogP contribution in [0.4, 0.5) is 13.2 Å². The summed E-state index contributed by atoms with van der Waals surface area (Å²) in [4.78, 5) is 92.7. The summed E-state index contributed by atoms with van der Waals surface area (Å²) in [5, 5.41) is 39.8. The number of nitrogens with two attached hydrogens (primary N) is 4. The molecule has 356 valence electrons. The third kappa shape index (κ3) is 22.0. The number of carbonyl (C=O) groups is 7. The first kappa shape index (κ1) is 55.5. The maximum atomic E-state index is 13.9. The van der Waals surface area contributed by atoms with Crippen molar-refractivity contribution in [2.24, 2.45) is 39.8 Å². The first-order valence-electron chi connectivity index (χ1n) is 20.2. The summed E-state index contributed by atoms with van der Waals surface area (Å²) in [7, 11) is 0. The molecule has 0 aliphatic heterocycles. The molecule has 16 N–H and O–H groups in total. The monoisotopic (exact) mass is 910 g/mol. The number of amides is 6. The minimum absolute atomic E-state index is 0.00627. The lowest BCUT2D eigenvalue weighted by Gasteiger charge is -2.28. The van der Waals surface area contributed by atoms with E-state index in [1.54, 1.807) is 36.4 Å². The molecule has 0 fully saturated rings. The zero-order chi connectivity index (χ0) is 48.7. The van der Waals surface area contributed by atoms with Gasteiger partial charge in [0.25, 0.3) is 0 Å². The lowest BCUT2D eigenvalue weighted by Crippen LogP contribution is -2.60. The number of guanidine groups is 1. The van der Waals surface area contributed by atoms with Gasteiger partial charge in [-0.15, -0.1) is 0 Å². The van der Waals surface area contributed by atoms with E-state index in [0.717, 1.165) is 5.56 Å². The van der Waals surface area contributed by atoms with Gasteiger partial charge in [0.2, 0.25) is 35.4 Å². The summed E-state index contributed by atoms with van der Waals surface area (Å²) in [6.45, 7) is 6.67. The van der Waals surface area contributed by atoms with Crippen molar-refractivity contribution in [3.63, 3.8) is 0 Å². The fraction of sp³-hybridized carbons (Fsp3) is 0.512. The Morgan fingerprint density at radius 2 is 1.06 bits per heavy atom. The number of aromatic hydroxyl groups is 1. The fourth-order valence-corrected chi connectivity index (χ4v) is 5.79. The van der Waals surface area contributed by atoms with Crippen molar-refractivity contribution < 1.29 is 62.1 Å². The smallest absolute Gasteiger partial charge is 0.490 e. The van der Waals surface area contributed by atoms with Crippen molar-refractivity contribution in [3.05, 3.63) is 65.7 Å². The number of aliphatic hydroxyl groups is 1. The second-order valence-electron chi connectivity index (χ2n) is 15.6. The van der Waals surface area contributed by atoms with Crippen LogP contribution in [0.5, 0.6) is 5.75 Å². The molecule has 23 heteroatoms. The van der Waals surface area contributed by atoms with Crippen LogP contribution in [-0.2, 0) is 46.4 Å². The summed E-state index contributed by atoms with van der Waals surface area (Å²) in [5.41, 5.74) is 24.0. The quantitative estimate of drug-likeness (QED) is 0.0349. The lowest BCUT2D eigenvalue weighted by atomic mass is 9.99. The van der Waals surface area contributed by atoms with E-state index in [-0.39, 0.29) is 68.6 Å². The topological polar surface area (TPSA) is 357 Å². The van der Waals surface area contributed by atoms with Gasteiger partial charge >= 0.3 is 12.1 Å². The second-order valence-corrected chi connectivity index (χ2v) is 15.6. The molecule has 0 heterocycles. The summed E-state index contributed by atoms with van der Waals surface area (Å²) in [6.07, 6.45) is -4.32. The van der Waals surface area contributed by atoms with Crippen molar-refractivity contribution in [1.82, 2.24) is 26.6 Å². The van der Waals surface area contributed by atoms with Crippen LogP contribution in [0.3, 0.4) is 0 Å². The first-order chi connectivity index (χ1) is 29.8. The van der Waals surface area contributed by atoms with Crippen LogP contribution in [0.15, 0.2) is 59.6 Å². The molecule has 0 saturated heterocycles. The summed E-state index contributed by atoms with van der Waals surface area (Å²) >= 11 is 0. The zero-order valence-electron chi connectivity index (χ0n) is 36.1. The van der Waals surface area contributed by atoms with E-state index in [0.29, 0.717) is 5.56 Å². The van der Waals surface area contributed by atoms with Gasteiger partial charge in [-0.2, -0.15) is 13.2 Å². The highest BCUT2D eigenvalue weighted by atomic mass is 19.4. The molecule has 0 saturated carbocycles. The van der Waals surface area contributed by atoms with E-state index in [4.69, 9.17) is 32.8 Å². The van der Waals surface area contributed by atoms with Crippen LogP contribution in [0.25, 0.3) is 0 Å². The summed E-state index contributed by atoms with van der Waals surface area (Å²) < 4.78 is 31.7. The van der Waals surface area contributed by atoms with Gasteiger partial charge in [-0.1, -0.05) is 70.2 Å². The van der Waals surface area contributed by atoms with Crippen LogP contribution < -0.4 is 49.5 Å². The maximum absolute atomic E-state index is 13.9. The number of halogens is 3. The Hall–Kier alpha value is -6.49. The van der Waals surface area contributed by atoms with Gasteiger partial charge in [0, 0.05) is 13.0 Å². The Labute approximate surface area is 368 Å². The number of rotatable bonds is 24. The van der Waals surface area contributed by atoms with Gasteiger partial charge in [0.05, 0.1) is 12.6 Å². The normalized spacial score (nSPS) is 13.9. The number of phenols is 1. The van der Waals surface area contributed by atoms with E-state index in [9.17, 15) is 52.2 Å². The predicted molar refractivity (Wildman–Crippen MR) is 228 cm³/mol. The second kappa shape index (κ2) is 27.5. The third-order valence-corrected chi connectivity index (χ3v) is 8.99. The van der Waals surface area contributed by atoms with Crippen molar-refractivity contribution in [2.45, 2.75) is 109 Å². The van der Waals surface area contributed by atoms with E-state index < -0.39 is 90.4 Å². The highest BCUT2D eigenvalue weighted by Crippen LogP contribution is 2.14. The number of benzene rings is 2. The van der Waals surface area contributed by atoms with Crippen LogP contribution in [-0.4, -0.2) is 118 Å². The highest BCUT2D eigenvalue weighted by Gasteiger charge is 2.38. The molecule has 2 aromatic carbocycles. The number of aliphatic carboxylic acids is 1. The molecule has 0 aliphatic carbocycles. The summed E-state index contributed by atoms with van der Waals surface area (Å²) in [6, 6.07) is 7.84. The number of alkyl halides is 3. The number of hydrogen-bond donors (Lipinski definition) is 12. The van der Waals surface area contributed by atoms with Gasteiger partial charge in [-0.05, 0) is 67.2 Å². The van der Waals surface area contributed by atoms with Crippen molar-refractivity contribution in [2.75, 3.05) is 13.2 Å². The maximum Gasteiger partial charge on any atom is 0.490 e. The van der Waals surface area contributed by atoms with E-state index in [1.807, 2.05) is 33.8 Å². The Kier molecular flexibility index (Phi) is 23.9. The molecule has 0 bridgehead atoms. The number of primary amides is 1. The molecule has 0 spiro atoms. The Balaban J connectivity index is 0.00000269. The zero-order valence-corrected chi connectivity index (χ0v) is 36.1. The van der Waals surface area contributed by atoms with E-state index in [2.05, 4.69) is 31.6 Å². The summed E-state index contributed by atoms with van der Waals surface area (Å²) in [5.74, 6) is -7.63. The van der Waals surface area contributed by atoms with Gasteiger partial charge in [-0.3, -0.25) is 33.8 Å². The molecular formula is C41H61F3N10O10. The number of carbonyl (C=O) groups excluding carboxylic acids is 6. The van der Waals surface area contributed by atoms with Crippen LogP contribution in [0.2, 0.25) is 0 Å². The lowest BCUT2D eigenvalue weighted by molar-refractivity contribution is -0.192. The number of aliphatic imine (C=N–C) groups is 1. The molecule has 6 amide bonds. The van der Waals surface area contributed by atoms with Crippen LogP contribution >= 0.6 is 0 Å². The Morgan fingerprint density at radius 1 is 0.641 bits per heavy atom. The number of aliphatic hydroxyl groups excluding tert-OH is 1. The van der Waals surface area contributed by atoms with Crippen LogP contribution in [0.1, 0.15) is 64.5 Å². The third-order valence-electron chi connectivity index (χ3n) is 8.99. The minimum atomic E-state index is -5.08. The Morgan fingerprint density at radius 3 is 1.50 bits per heavy atom. The van der Waals surface area contributed by atoms with Crippen molar-refractivity contribution in [1.29, 1.82) is 0 Å². The molecule has 0 radical (unpaired) electrons. The number of carboxylic acids is 1. The molecule has 20 nitrogen and oxygen atoms in total. The first-order valence-corrected chi connectivity index (χ1v) is 20.2. The van der Waals surface area contributed by atoms with Gasteiger partial charge in [0.15, 0.2) is 5.96 Å². The Bertz CT molecular complexity index is 1860. The molecule has 2 aromatic rings. The number of nitrogens with zero attached hydrogens (tertiary/aromatic N) is 1. The van der Waals surface area contributed by atoms with E-state index in [1.165, 1.54) is 12.1 Å². The number of nitrogens with one attached hydrogen (secondary N) is 5. The van der Waals surface area contributed by atoms with Gasteiger partial charge < -0.3 is 64.8 Å². The molecule has 6 atom stereocenters. The number of carboxylic acid groups (broad SMARTS) is 1. The standard InChI is InChI=1S/C39H60N10O8.C2HF3O2/c1-22(2)17-30(36(55)45-28(11-8-16-44-39(42)43)35(54)46-29(33(41)52)20-25-12-14-26(51)15-13-25)47-37(56)31(18-23(3)4)48-38(57)32(21-50)49-34(53)27(40)19-24-9-6-5-7-10-24;3-2(4,5)1(6)7/h5-7,9-10,12-15,22-23,27-32,50-51H,8,11,16-21,40H2,1-4H3,(H2,41,52)(H,45,55)(H,46,54)(H,47,56)(H,48,57)(H,49,53)(H4,42,43,44);(H,6,7). The van der Waals surface area contributed by atoms with Gasteiger partial charge in [-0.25, -0.2) is 4.79 Å². The van der Waals surface area contributed by atoms with Crippen molar-refractivity contribution in [3.8, 4) is 5.75 Å². The molecule has 2 rings (SSSR count). The van der Waals surface area contributed by atoms with Crippen LogP contribution in [0, 0.1) is 11.8 Å². The van der Waals surface area contributed by atoms with E-state index >= 15 is 0 Å². The van der Waals surface area contributed by atoms with Gasteiger partial charge in [0.1, 0.15) is 36.0 Å². The molecule has 0 aliphatic rings. The van der Waals surface area contributed by atoms with Crippen molar-refractivity contribution >= 4 is 47.4 Å². The molecule has 0 aromatic heterocycles. The number of hydrogen-bond acceptors (Lipinski definition) is 11. The molecular weight excluding hydrogens is 850 g/mol. The fourth-order valence-electron chi connectivity index (χ4n) is 5.79. The SMILES string of the molecule is CC(C)CC(NC(=O)C(CO)NC(=O)C(N)Cc1ccccc1)C(=O)NC(CC(C)C)C(=O)NC(CCCN=C(N)N)C(=O)NC(Cc1ccc(O)cc1)C(N)=O.O=C(O)C(F)(F)F. The average molecular weight is 911 g/mol. The predicted octanol–water partition coefficient (Wildman–Crippen LogP) is -0.815. The minimum Gasteiger partial charge on any atom is -0.508 e. The highest BCUT2D eigenvalue weighted by molar-refractivity contribution is 5.96. The number of phenolic OH excluding ortho intramolecular Hbond substituents is 1. The molecule has 6 unspecified atom stereocenters. The largest absolute Gasteiger partial charge is 0.508 e. The molecule has 64 heavy (non-hydrogen) atoms.